The van der Waals surface area contributed by atoms with Crippen LogP contribution in [0.1, 0.15) is 11.1 Å². The zero-order valence-electron chi connectivity index (χ0n) is 28.2. The van der Waals surface area contributed by atoms with Gasteiger partial charge in [-0.05, 0) is 71.3 Å². The highest BCUT2D eigenvalue weighted by Gasteiger charge is 2.19. The molecule has 0 fully saturated rings. The molecule has 0 spiro atoms. The molecule has 0 aliphatic rings. The standard InChI is InChI=1S/C46H27N7/c47-27-30-22-31(28-48)24-36(23-30)34-17-19-39-38-15-7-8-16-42(38)53(43(39)25-34)37-18-20-40(41(26-37)35-14-9-21-49-29-35)46-51-44(32-10-3-1-4-11-32)50-45(52-46)33-12-5-2-6-13-33/h1-26,29H. The van der Waals surface area contributed by atoms with Crippen molar-refractivity contribution in [2.45, 2.75) is 0 Å². The van der Waals surface area contributed by atoms with Crippen LogP contribution in [0, 0.1) is 22.7 Å². The quantitative estimate of drug-likeness (QED) is 0.173. The summed E-state index contributed by atoms with van der Waals surface area (Å²) in [6.07, 6.45) is 3.63. The van der Waals surface area contributed by atoms with Crippen LogP contribution < -0.4 is 0 Å². The van der Waals surface area contributed by atoms with Crippen molar-refractivity contribution >= 4 is 21.8 Å². The molecular weight excluding hydrogens is 651 g/mol. The first-order valence-electron chi connectivity index (χ1n) is 17.1. The van der Waals surface area contributed by atoms with Gasteiger partial charge in [-0.1, -0.05) is 97.1 Å². The molecule has 0 unspecified atom stereocenters. The van der Waals surface area contributed by atoms with Crippen molar-refractivity contribution in [1.29, 1.82) is 10.5 Å². The van der Waals surface area contributed by atoms with E-state index in [2.05, 4.69) is 76.3 Å². The Bertz CT molecular complexity index is 2810. The van der Waals surface area contributed by atoms with E-state index in [1.165, 1.54) is 0 Å². The summed E-state index contributed by atoms with van der Waals surface area (Å²) >= 11 is 0. The van der Waals surface area contributed by atoms with Crippen LogP contribution in [0.4, 0.5) is 0 Å². The van der Waals surface area contributed by atoms with Crippen molar-refractivity contribution in [3.63, 3.8) is 0 Å². The zero-order valence-corrected chi connectivity index (χ0v) is 28.2. The van der Waals surface area contributed by atoms with Gasteiger partial charge in [-0.15, -0.1) is 0 Å². The number of nitriles is 2. The molecular formula is C46H27N7. The number of benzene rings is 6. The Balaban J connectivity index is 1.28. The van der Waals surface area contributed by atoms with Gasteiger partial charge in [0.2, 0.25) is 0 Å². The number of pyridine rings is 1. The number of fused-ring (bicyclic) bond motifs is 3. The summed E-state index contributed by atoms with van der Waals surface area (Å²) in [6.45, 7) is 0. The van der Waals surface area contributed by atoms with Crippen LogP contribution in [-0.4, -0.2) is 24.5 Å². The van der Waals surface area contributed by atoms with Crippen LogP contribution in [0.15, 0.2) is 164 Å². The lowest BCUT2D eigenvalue weighted by Gasteiger charge is -2.15. The Hall–Kier alpha value is -7.74. The number of hydrogen-bond acceptors (Lipinski definition) is 6. The Labute approximate surface area is 305 Å². The summed E-state index contributed by atoms with van der Waals surface area (Å²) in [5.74, 6) is 1.73. The number of rotatable bonds is 6. The molecule has 0 aliphatic carbocycles. The molecule has 246 valence electrons. The van der Waals surface area contributed by atoms with Crippen molar-refractivity contribution in [2.75, 3.05) is 0 Å². The molecule has 7 heteroatoms. The molecule has 53 heavy (non-hydrogen) atoms. The highest BCUT2D eigenvalue weighted by molar-refractivity contribution is 6.10. The minimum absolute atomic E-state index is 0.445. The van der Waals surface area contributed by atoms with Crippen LogP contribution in [0.3, 0.4) is 0 Å². The Morgan fingerprint density at radius 3 is 1.72 bits per heavy atom. The molecule has 0 aliphatic heterocycles. The first-order chi connectivity index (χ1) is 26.2. The molecule has 0 amide bonds. The van der Waals surface area contributed by atoms with E-state index < -0.39 is 0 Å². The Morgan fingerprint density at radius 2 is 1.06 bits per heavy atom. The van der Waals surface area contributed by atoms with E-state index in [1.54, 1.807) is 12.3 Å². The van der Waals surface area contributed by atoms with Gasteiger partial charge < -0.3 is 4.57 Å². The molecule has 3 aromatic heterocycles. The summed E-state index contributed by atoms with van der Waals surface area (Å²) in [5.41, 5.74) is 10.1. The monoisotopic (exact) mass is 677 g/mol. The van der Waals surface area contributed by atoms with Gasteiger partial charge in [0.15, 0.2) is 17.5 Å². The lowest BCUT2D eigenvalue weighted by atomic mass is 9.98. The zero-order chi connectivity index (χ0) is 35.7. The Morgan fingerprint density at radius 1 is 0.434 bits per heavy atom. The molecule has 6 aromatic carbocycles. The maximum Gasteiger partial charge on any atom is 0.164 e. The second kappa shape index (κ2) is 13.2. The van der Waals surface area contributed by atoms with E-state index in [4.69, 9.17) is 15.0 Å². The predicted octanol–water partition coefficient (Wildman–Crippen LogP) is 10.4. The molecule has 0 saturated heterocycles. The minimum atomic E-state index is 0.445. The lowest BCUT2D eigenvalue weighted by molar-refractivity contribution is 1.07. The third-order valence-electron chi connectivity index (χ3n) is 9.37. The number of hydrogen-bond donors (Lipinski definition) is 0. The van der Waals surface area contributed by atoms with Crippen LogP contribution in [0.5, 0.6) is 0 Å². The third kappa shape index (κ3) is 5.75. The molecule has 7 nitrogen and oxygen atoms in total. The maximum absolute atomic E-state index is 9.68. The highest BCUT2D eigenvalue weighted by atomic mass is 15.0. The van der Waals surface area contributed by atoms with E-state index in [-0.39, 0.29) is 0 Å². The van der Waals surface area contributed by atoms with Crippen LogP contribution in [-0.2, 0) is 0 Å². The maximum atomic E-state index is 9.68. The average Bonchev–Trinajstić information content (AvgIpc) is 3.57. The fraction of sp³-hybridized carbons (Fsp3) is 0. The first-order valence-corrected chi connectivity index (χ1v) is 17.1. The molecule has 3 heterocycles. The molecule has 0 N–H and O–H groups in total. The van der Waals surface area contributed by atoms with Crippen molar-refractivity contribution in [2.24, 2.45) is 0 Å². The van der Waals surface area contributed by atoms with E-state index in [0.717, 1.165) is 66.4 Å². The van der Waals surface area contributed by atoms with Crippen LogP contribution >= 0.6 is 0 Å². The molecule has 9 aromatic rings. The topological polar surface area (TPSA) is 104 Å². The minimum Gasteiger partial charge on any atom is -0.309 e. The number of para-hydroxylation sites is 1. The highest BCUT2D eigenvalue weighted by Crippen LogP contribution is 2.39. The van der Waals surface area contributed by atoms with Gasteiger partial charge >= 0.3 is 0 Å². The average molecular weight is 678 g/mol. The second-order valence-corrected chi connectivity index (χ2v) is 12.6. The predicted molar refractivity (Wildman–Crippen MR) is 209 cm³/mol. The van der Waals surface area contributed by atoms with Gasteiger partial charge in [0.05, 0.1) is 34.3 Å². The Kier molecular flexibility index (Phi) is 7.78. The normalized spacial score (nSPS) is 11.0. The van der Waals surface area contributed by atoms with Crippen molar-refractivity contribution in [3.05, 3.63) is 175 Å². The van der Waals surface area contributed by atoms with Gasteiger partial charge in [-0.3, -0.25) is 4.98 Å². The number of aromatic nitrogens is 5. The summed E-state index contributed by atoms with van der Waals surface area (Å²) in [6, 6.07) is 54.6. The van der Waals surface area contributed by atoms with E-state index in [1.807, 2.05) is 97.2 Å². The van der Waals surface area contributed by atoms with E-state index >= 15 is 0 Å². The molecule has 9 rings (SSSR count). The third-order valence-corrected chi connectivity index (χ3v) is 9.37. The van der Waals surface area contributed by atoms with Gasteiger partial charge in [0.25, 0.3) is 0 Å². The van der Waals surface area contributed by atoms with Gasteiger partial charge in [-0.2, -0.15) is 10.5 Å². The largest absolute Gasteiger partial charge is 0.309 e. The van der Waals surface area contributed by atoms with Crippen molar-refractivity contribution in [1.82, 2.24) is 24.5 Å². The smallest absolute Gasteiger partial charge is 0.164 e. The van der Waals surface area contributed by atoms with Crippen molar-refractivity contribution in [3.8, 4) is 74.2 Å². The van der Waals surface area contributed by atoms with Crippen molar-refractivity contribution < 1.29 is 0 Å². The van der Waals surface area contributed by atoms with Crippen LogP contribution in [0.2, 0.25) is 0 Å². The lowest BCUT2D eigenvalue weighted by Crippen LogP contribution is -2.02. The number of nitrogens with zero attached hydrogens (tertiary/aromatic N) is 7. The molecule has 0 bridgehead atoms. The summed E-state index contributed by atoms with van der Waals surface area (Å²) in [4.78, 5) is 19.5. The molecule has 0 radical (unpaired) electrons. The summed E-state index contributed by atoms with van der Waals surface area (Å²) < 4.78 is 2.26. The molecule has 0 atom stereocenters. The van der Waals surface area contributed by atoms with E-state index in [0.29, 0.717) is 28.6 Å². The molecule has 0 saturated carbocycles. The van der Waals surface area contributed by atoms with Gasteiger partial charge in [0, 0.05) is 51.1 Å². The second-order valence-electron chi connectivity index (χ2n) is 12.6. The van der Waals surface area contributed by atoms with Gasteiger partial charge in [-0.25, -0.2) is 15.0 Å². The SMILES string of the molecule is N#Cc1cc(C#N)cc(-c2ccc3c4ccccc4n(-c4ccc(-c5nc(-c6ccccc6)nc(-c6ccccc6)n5)c(-c5cccnc5)c4)c3c2)c1. The fourth-order valence-electron chi connectivity index (χ4n) is 6.91. The first kappa shape index (κ1) is 31.3. The van der Waals surface area contributed by atoms with Crippen LogP contribution in [0.25, 0.3) is 83.9 Å². The van der Waals surface area contributed by atoms with E-state index in [9.17, 15) is 10.5 Å². The fourth-order valence-corrected chi connectivity index (χ4v) is 6.91. The van der Waals surface area contributed by atoms with Gasteiger partial charge in [0.1, 0.15) is 0 Å². The summed E-state index contributed by atoms with van der Waals surface area (Å²) in [5, 5.41) is 21.6. The summed E-state index contributed by atoms with van der Waals surface area (Å²) in [7, 11) is 0.